The molecule has 78 heavy (non-hydrogen) atoms. The van der Waals surface area contributed by atoms with Crippen LogP contribution in [0.4, 0.5) is 0 Å². The van der Waals surface area contributed by atoms with Crippen LogP contribution in [0.25, 0.3) is 144 Å². The predicted octanol–water partition coefficient (Wildman–Crippen LogP) is 15.9. The minimum Gasteiger partial charge on any atom is -0.292 e. The van der Waals surface area contributed by atoms with Crippen LogP contribution in [0.1, 0.15) is 5.56 Å². The van der Waals surface area contributed by atoms with Gasteiger partial charge in [-0.05, 0) is 90.5 Å². The Kier molecular flexibility index (Phi) is 9.46. The van der Waals surface area contributed by atoms with E-state index in [4.69, 9.17) is 24.9 Å². The summed E-state index contributed by atoms with van der Waals surface area (Å²) in [4.78, 5) is 26.7. The molecular formula is C68H40N10. The fourth-order valence-corrected chi connectivity index (χ4v) is 12.2. The fourth-order valence-electron chi connectivity index (χ4n) is 12.2. The summed E-state index contributed by atoms with van der Waals surface area (Å²) in [5, 5.41) is 20.7. The number of hydrogen-bond donors (Lipinski definition) is 0. The Hall–Kier alpha value is -11.0. The molecule has 0 amide bonds. The van der Waals surface area contributed by atoms with E-state index in [1.165, 1.54) is 0 Å². The standard InChI is InChI=1S/C68H40N10/c69-41-53-61(75-56-31-11-7-23-45(56)49-27-15-35-70-65(49)75)60(44-39-54(42-19-3-1-4-20-42)74-55(40-44)43-21-5-2-6-22-43)63(77-58-33-13-9-25-47(58)51-29-17-37-72-67(51)77)64(78-59-34-14-10-26-48(59)52-30-18-38-73-68(52)78)62(53)76-57-32-12-8-24-46(57)50-28-16-36-71-66(50)76/h1-40H. The Balaban J connectivity index is 1.27. The molecule has 9 heterocycles. The van der Waals surface area contributed by atoms with E-state index in [0.717, 1.165) is 116 Å². The lowest BCUT2D eigenvalue weighted by atomic mass is 9.92. The van der Waals surface area contributed by atoms with Crippen LogP contribution in [0, 0.1) is 11.3 Å². The summed E-state index contributed by atoms with van der Waals surface area (Å²) in [6.45, 7) is 0. The molecule has 9 aromatic heterocycles. The second-order valence-corrected chi connectivity index (χ2v) is 19.5. The van der Waals surface area contributed by atoms with E-state index >= 15 is 0 Å². The largest absolute Gasteiger partial charge is 0.292 e. The average molecular weight is 997 g/mol. The molecular weight excluding hydrogens is 957 g/mol. The number of nitrogens with zero attached hydrogens (tertiary/aromatic N) is 10. The van der Waals surface area contributed by atoms with Crippen molar-refractivity contribution in [2.75, 3.05) is 0 Å². The molecule has 0 atom stereocenters. The van der Waals surface area contributed by atoms with Gasteiger partial charge in [-0.15, -0.1) is 0 Å². The summed E-state index contributed by atoms with van der Waals surface area (Å²) in [7, 11) is 0. The van der Waals surface area contributed by atoms with Gasteiger partial charge in [-0.2, -0.15) is 5.26 Å². The third-order valence-corrected chi connectivity index (χ3v) is 15.4. The lowest BCUT2D eigenvalue weighted by molar-refractivity contribution is 1.01. The maximum absolute atomic E-state index is 12.9. The van der Waals surface area contributed by atoms with E-state index in [1.807, 2.05) is 85.5 Å². The smallest absolute Gasteiger partial charge is 0.145 e. The van der Waals surface area contributed by atoms with Crippen molar-refractivity contribution in [2.24, 2.45) is 0 Å². The van der Waals surface area contributed by atoms with Crippen molar-refractivity contribution in [3.8, 4) is 62.5 Å². The van der Waals surface area contributed by atoms with Gasteiger partial charge in [0, 0.05) is 84.6 Å². The summed E-state index contributed by atoms with van der Waals surface area (Å²) < 4.78 is 9.02. The van der Waals surface area contributed by atoms with E-state index in [0.29, 0.717) is 33.9 Å². The predicted molar refractivity (Wildman–Crippen MR) is 314 cm³/mol. The van der Waals surface area contributed by atoms with Gasteiger partial charge in [-0.3, -0.25) is 18.3 Å². The maximum atomic E-state index is 12.9. The van der Waals surface area contributed by atoms with Gasteiger partial charge >= 0.3 is 0 Å². The highest BCUT2D eigenvalue weighted by Gasteiger charge is 2.36. The number of nitriles is 1. The molecule has 0 radical (unpaired) electrons. The molecule has 10 heteroatoms. The van der Waals surface area contributed by atoms with Crippen molar-refractivity contribution in [2.45, 2.75) is 0 Å². The number of para-hydroxylation sites is 4. The molecule has 362 valence electrons. The van der Waals surface area contributed by atoms with Gasteiger partial charge in [-0.1, -0.05) is 133 Å². The topological polar surface area (TPSA) is 108 Å². The molecule has 7 aromatic carbocycles. The Labute approximate surface area is 445 Å². The average Bonchev–Trinajstić information content (AvgIpc) is 4.34. The van der Waals surface area contributed by atoms with Crippen molar-refractivity contribution >= 4 is 87.7 Å². The van der Waals surface area contributed by atoms with E-state index in [-0.39, 0.29) is 0 Å². The molecule has 0 aliphatic carbocycles. The first kappa shape index (κ1) is 43.4. The van der Waals surface area contributed by atoms with Crippen LogP contribution in [0.15, 0.2) is 243 Å². The SMILES string of the molecule is N#Cc1c(-n2c3ccccc3c3cccnc32)c(-c2cc(-c3ccccc3)nc(-c3ccccc3)c2)c(-n2c3ccccc3c3cccnc32)c(-n2c3ccccc3c3cccnc32)c1-n1c2ccccc2c2cccnc21. The van der Waals surface area contributed by atoms with Gasteiger partial charge in [0.25, 0.3) is 0 Å². The van der Waals surface area contributed by atoms with Crippen LogP contribution < -0.4 is 0 Å². The minimum atomic E-state index is 0.389. The first-order chi connectivity index (χ1) is 38.7. The van der Waals surface area contributed by atoms with Gasteiger partial charge in [0.05, 0.1) is 56.2 Å². The van der Waals surface area contributed by atoms with Crippen LogP contribution in [-0.4, -0.2) is 43.2 Å². The van der Waals surface area contributed by atoms with Crippen molar-refractivity contribution < 1.29 is 0 Å². The van der Waals surface area contributed by atoms with Gasteiger partial charge < -0.3 is 0 Å². The first-order valence-corrected chi connectivity index (χ1v) is 25.9. The number of pyridine rings is 5. The first-order valence-electron chi connectivity index (χ1n) is 25.9. The quantitative estimate of drug-likeness (QED) is 0.157. The van der Waals surface area contributed by atoms with Crippen LogP contribution in [-0.2, 0) is 0 Å². The van der Waals surface area contributed by atoms with E-state index in [2.05, 4.69) is 182 Å². The Bertz CT molecular complexity index is 4900. The molecule has 0 bridgehead atoms. The molecule has 0 spiro atoms. The summed E-state index contributed by atoms with van der Waals surface area (Å²) in [5.41, 5.74) is 14.5. The second-order valence-electron chi connectivity index (χ2n) is 19.5. The molecule has 16 rings (SSSR count). The highest BCUT2D eigenvalue weighted by atomic mass is 15.2. The Morgan fingerprint density at radius 2 is 0.615 bits per heavy atom. The third kappa shape index (κ3) is 6.21. The maximum Gasteiger partial charge on any atom is 0.145 e. The van der Waals surface area contributed by atoms with Gasteiger partial charge in [0.1, 0.15) is 34.2 Å². The molecule has 0 aliphatic rings. The van der Waals surface area contributed by atoms with Crippen molar-refractivity contribution in [1.82, 2.24) is 43.2 Å². The van der Waals surface area contributed by atoms with Gasteiger partial charge in [-0.25, -0.2) is 24.9 Å². The summed E-state index contributed by atoms with van der Waals surface area (Å²) in [6, 6.07) is 78.2. The molecule has 0 unspecified atom stereocenters. The number of rotatable bonds is 7. The van der Waals surface area contributed by atoms with Crippen LogP contribution >= 0.6 is 0 Å². The molecule has 16 aromatic rings. The van der Waals surface area contributed by atoms with E-state index < -0.39 is 0 Å². The minimum absolute atomic E-state index is 0.389. The van der Waals surface area contributed by atoms with E-state index in [1.54, 1.807) is 0 Å². The zero-order valence-corrected chi connectivity index (χ0v) is 41.6. The monoisotopic (exact) mass is 996 g/mol. The number of benzene rings is 7. The summed E-state index contributed by atoms with van der Waals surface area (Å²) >= 11 is 0. The van der Waals surface area contributed by atoms with Crippen molar-refractivity contribution in [1.29, 1.82) is 5.26 Å². The molecule has 0 saturated carbocycles. The zero-order valence-electron chi connectivity index (χ0n) is 41.6. The van der Waals surface area contributed by atoms with Gasteiger partial charge in [0.15, 0.2) is 0 Å². The van der Waals surface area contributed by atoms with Crippen LogP contribution in [0.2, 0.25) is 0 Å². The van der Waals surface area contributed by atoms with Crippen LogP contribution in [0.3, 0.4) is 0 Å². The highest BCUT2D eigenvalue weighted by Crippen LogP contribution is 2.52. The molecule has 0 aliphatic heterocycles. The highest BCUT2D eigenvalue weighted by molar-refractivity contribution is 6.16. The summed E-state index contributed by atoms with van der Waals surface area (Å²) in [6.07, 6.45) is 7.39. The number of hydrogen-bond acceptors (Lipinski definition) is 6. The molecule has 0 fully saturated rings. The van der Waals surface area contributed by atoms with Crippen molar-refractivity contribution in [3.05, 3.63) is 249 Å². The third-order valence-electron chi connectivity index (χ3n) is 15.4. The lowest BCUT2D eigenvalue weighted by Crippen LogP contribution is -2.17. The summed E-state index contributed by atoms with van der Waals surface area (Å²) in [5.74, 6) is 0. The molecule has 10 nitrogen and oxygen atoms in total. The van der Waals surface area contributed by atoms with Crippen molar-refractivity contribution in [3.63, 3.8) is 0 Å². The Morgan fingerprint density at radius 1 is 0.295 bits per heavy atom. The molecule has 0 N–H and O–H groups in total. The Morgan fingerprint density at radius 3 is 1.00 bits per heavy atom. The number of fused-ring (bicyclic) bond motifs is 12. The second kappa shape index (κ2) is 17.0. The van der Waals surface area contributed by atoms with Gasteiger partial charge in [0.2, 0.25) is 0 Å². The van der Waals surface area contributed by atoms with E-state index in [9.17, 15) is 5.26 Å². The number of aromatic nitrogens is 9. The molecule has 0 saturated heterocycles. The normalized spacial score (nSPS) is 11.8. The lowest BCUT2D eigenvalue weighted by Gasteiger charge is -2.29. The zero-order chi connectivity index (χ0) is 51.4. The fraction of sp³-hybridized carbons (Fsp3) is 0. The van der Waals surface area contributed by atoms with Crippen LogP contribution in [0.5, 0.6) is 0 Å².